The maximum atomic E-state index is 11.8. The summed E-state index contributed by atoms with van der Waals surface area (Å²) >= 11 is 11.8. The average Bonchev–Trinajstić information content (AvgIpc) is 2.44. The van der Waals surface area contributed by atoms with Crippen molar-refractivity contribution in [2.24, 2.45) is 0 Å². The number of ether oxygens (including phenoxy) is 1. The molecule has 0 aromatic heterocycles. The highest BCUT2D eigenvalue weighted by Gasteiger charge is 2.05. The summed E-state index contributed by atoms with van der Waals surface area (Å²) in [6, 6.07) is 10.5. The number of urea groups is 1. The predicted molar refractivity (Wildman–Crippen MR) is 94.9 cm³/mol. The van der Waals surface area contributed by atoms with E-state index < -0.39 is 0 Å². The van der Waals surface area contributed by atoms with Gasteiger partial charge in [-0.2, -0.15) is 0 Å². The summed E-state index contributed by atoms with van der Waals surface area (Å²) in [6.45, 7) is 4.75. The van der Waals surface area contributed by atoms with Crippen molar-refractivity contribution in [3.8, 4) is 5.75 Å². The van der Waals surface area contributed by atoms with Gasteiger partial charge in [0.15, 0.2) is 0 Å². The average molecular weight is 353 g/mol. The Morgan fingerprint density at radius 3 is 2.30 bits per heavy atom. The second-order valence-corrected chi connectivity index (χ2v) is 5.98. The molecule has 122 valence electrons. The highest BCUT2D eigenvalue weighted by atomic mass is 35.5. The molecular weight excluding hydrogens is 335 g/mol. The van der Waals surface area contributed by atoms with Crippen LogP contribution in [0.3, 0.4) is 0 Å². The van der Waals surface area contributed by atoms with Crippen molar-refractivity contribution in [2.75, 3.05) is 18.5 Å². The van der Waals surface area contributed by atoms with E-state index in [2.05, 4.69) is 10.6 Å². The van der Waals surface area contributed by atoms with Crippen molar-refractivity contribution in [3.05, 3.63) is 57.6 Å². The van der Waals surface area contributed by atoms with Gasteiger partial charge in [0.05, 0.1) is 6.54 Å². The van der Waals surface area contributed by atoms with Gasteiger partial charge in [0.1, 0.15) is 12.4 Å². The molecule has 0 aliphatic carbocycles. The molecule has 0 bridgehead atoms. The van der Waals surface area contributed by atoms with E-state index in [1.807, 2.05) is 32.0 Å². The number of rotatable bonds is 5. The SMILES string of the molecule is Cc1cccc(C)c1OCCNC(=O)Nc1cc(Cl)cc(Cl)c1. The van der Waals surface area contributed by atoms with Crippen LogP contribution in [0.4, 0.5) is 10.5 Å². The van der Waals surface area contributed by atoms with Crippen molar-refractivity contribution in [1.29, 1.82) is 0 Å². The topological polar surface area (TPSA) is 50.4 Å². The van der Waals surface area contributed by atoms with Gasteiger partial charge in [0, 0.05) is 15.7 Å². The normalized spacial score (nSPS) is 10.3. The van der Waals surface area contributed by atoms with E-state index in [9.17, 15) is 4.79 Å². The van der Waals surface area contributed by atoms with Crippen LogP contribution in [0.15, 0.2) is 36.4 Å². The molecule has 0 radical (unpaired) electrons. The summed E-state index contributed by atoms with van der Waals surface area (Å²) in [4.78, 5) is 11.8. The van der Waals surface area contributed by atoms with E-state index in [4.69, 9.17) is 27.9 Å². The molecule has 2 rings (SSSR count). The first-order chi connectivity index (χ1) is 11.0. The summed E-state index contributed by atoms with van der Waals surface area (Å²) < 4.78 is 5.72. The summed E-state index contributed by atoms with van der Waals surface area (Å²) in [7, 11) is 0. The third-order valence-corrected chi connectivity index (χ3v) is 3.60. The molecule has 0 spiro atoms. The molecule has 23 heavy (non-hydrogen) atoms. The van der Waals surface area contributed by atoms with E-state index in [1.165, 1.54) is 0 Å². The van der Waals surface area contributed by atoms with Crippen LogP contribution in [0.1, 0.15) is 11.1 Å². The molecule has 2 aromatic carbocycles. The van der Waals surface area contributed by atoms with E-state index in [0.717, 1.165) is 16.9 Å². The number of carbonyl (C=O) groups is 1. The third kappa shape index (κ3) is 5.34. The van der Waals surface area contributed by atoms with Crippen molar-refractivity contribution in [1.82, 2.24) is 5.32 Å². The summed E-state index contributed by atoms with van der Waals surface area (Å²) in [5.74, 6) is 0.858. The standard InChI is InChI=1S/C17H18Cl2N2O2/c1-11-4-3-5-12(2)16(11)23-7-6-20-17(22)21-15-9-13(18)8-14(19)10-15/h3-5,8-10H,6-7H2,1-2H3,(H2,20,21,22). The molecule has 0 fully saturated rings. The second-order valence-electron chi connectivity index (χ2n) is 5.11. The number of nitrogens with one attached hydrogen (secondary N) is 2. The molecule has 0 heterocycles. The van der Waals surface area contributed by atoms with Gasteiger partial charge in [-0.15, -0.1) is 0 Å². The maximum Gasteiger partial charge on any atom is 0.319 e. The Morgan fingerprint density at radius 2 is 1.70 bits per heavy atom. The zero-order chi connectivity index (χ0) is 16.8. The molecule has 0 unspecified atom stereocenters. The quantitative estimate of drug-likeness (QED) is 0.758. The zero-order valence-corrected chi connectivity index (χ0v) is 14.5. The molecule has 4 nitrogen and oxygen atoms in total. The lowest BCUT2D eigenvalue weighted by molar-refractivity contribution is 0.247. The fourth-order valence-electron chi connectivity index (χ4n) is 2.15. The molecule has 0 saturated heterocycles. The lowest BCUT2D eigenvalue weighted by Crippen LogP contribution is -2.32. The Bertz CT molecular complexity index is 664. The highest BCUT2D eigenvalue weighted by Crippen LogP contribution is 2.23. The van der Waals surface area contributed by atoms with Crippen molar-refractivity contribution in [2.45, 2.75) is 13.8 Å². The van der Waals surface area contributed by atoms with Crippen molar-refractivity contribution in [3.63, 3.8) is 0 Å². The predicted octanol–water partition coefficient (Wildman–Crippen LogP) is 4.81. The van der Waals surface area contributed by atoms with Crippen LogP contribution in [0.2, 0.25) is 10.0 Å². The fourth-order valence-corrected chi connectivity index (χ4v) is 2.67. The van der Waals surface area contributed by atoms with Crippen LogP contribution in [-0.2, 0) is 0 Å². The molecule has 0 aliphatic rings. The highest BCUT2D eigenvalue weighted by molar-refractivity contribution is 6.35. The Labute approximate surface area is 145 Å². The van der Waals surface area contributed by atoms with Gasteiger partial charge in [-0.3, -0.25) is 0 Å². The second kappa shape index (κ2) is 8.09. The fraction of sp³-hybridized carbons (Fsp3) is 0.235. The number of hydrogen-bond acceptors (Lipinski definition) is 2. The molecule has 0 aliphatic heterocycles. The van der Waals surface area contributed by atoms with Crippen LogP contribution in [0.5, 0.6) is 5.75 Å². The van der Waals surface area contributed by atoms with Gasteiger partial charge in [-0.25, -0.2) is 4.79 Å². The van der Waals surface area contributed by atoms with Gasteiger partial charge in [-0.1, -0.05) is 41.4 Å². The van der Waals surface area contributed by atoms with Gasteiger partial charge in [0.2, 0.25) is 0 Å². The molecule has 0 saturated carbocycles. The largest absolute Gasteiger partial charge is 0.491 e. The summed E-state index contributed by atoms with van der Waals surface area (Å²) in [6.07, 6.45) is 0. The first-order valence-electron chi connectivity index (χ1n) is 7.15. The van der Waals surface area contributed by atoms with Gasteiger partial charge in [-0.05, 0) is 43.2 Å². The van der Waals surface area contributed by atoms with Gasteiger partial charge < -0.3 is 15.4 Å². The lowest BCUT2D eigenvalue weighted by Gasteiger charge is -2.13. The molecule has 0 atom stereocenters. The minimum atomic E-state index is -0.339. The Morgan fingerprint density at radius 1 is 1.09 bits per heavy atom. The number of anilines is 1. The van der Waals surface area contributed by atoms with Crippen molar-refractivity contribution >= 4 is 34.9 Å². The van der Waals surface area contributed by atoms with Crippen LogP contribution in [-0.4, -0.2) is 19.2 Å². The molecule has 2 N–H and O–H groups in total. The Hall–Kier alpha value is -1.91. The van der Waals surface area contributed by atoms with Crippen LogP contribution in [0.25, 0.3) is 0 Å². The van der Waals surface area contributed by atoms with E-state index in [-0.39, 0.29) is 6.03 Å². The number of benzene rings is 2. The maximum absolute atomic E-state index is 11.8. The Kier molecular flexibility index (Phi) is 6.13. The Balaban J connectivity index is 1.79. The smallest absolute Gasteiger partial charge is 0.319 e. The van der Waals surface area contributed by atoms with Gasteiger partial charge >= 0.3 is 6.03 Å². The summed E-state index contributed by atoms with van der Waals surface area (Å²) in [5.41, 5.74) is 2.68. The number of carbonyl (C=O) groups excluding carboxylic acids is 1. The summed E-state index contributed by atoms with van der Waals surface area (Å²) in [5, 5.41) is 6.32. The van der Waals surface area contributed by atoms with Crippen LogP contribution in [0, 0.1) is 13.8 Å². The number of amides is 2. The number of halogens is 2. The van der Waals surface area contributed by atoms with Gasteiger partial charge in [0.25, 0.3) is 0 Å². The van der Waals surface area contributed by atoms with Crippen LogP contribution < -0.4 is 15.4 Å². The number of hydrogen-bond donors (Lipinski definition) is 2. The lowest BCUT2D eigenvalue weighted by atomic mass is 10.1. The molecule has 6 heteroatoms. The van der Waals surface area contributed by atoms with E-state index in [0.29, 0.717) is 28.9 Å². The first-order valence-corrected chi connectivity index (χ1v) is 7.91. The van der Waals surface area contributed by atoms with Crippen molar-refractivity contribution < 1.29 is 9.53 Å². The minimum absolute atomic E-state index is 0.339. The number of para-hydroxylation sites is 1. The van der Waals surface area contributed by atoms with Crippen LogP contribution >= 0.6 is 23.2 Å². The molecule has 2 amide bonds. The monoisotopic (exact) mass is 352 g/mol. The minimum Gasteiger partial charge on any atom is -0.491 e. The van der Waals surface area contributed by atoms with E-state index >= 15 is 0 Å². The molecular formula is C17H18Cl2N2O2. The third-order valence-electron chi connectivity index (χ3n) is 3.16. The number of aryl methyl sites for hydroxylation is 2. The first kappa shape index (κ1) is 17.4. The van der Waals surface area contributed by atoms with E-state index in [1.54, 1.807) is 18.2 Å². The zero-order valence-electron chi connectivity index (χ0n) is 13.0. The molecule has 2 aromatic rings.